The molecule has 1 N–H and O–H groups in total. The van der Waals surface area contributed by atoms with Crippen LogP contribution in [0.25, 0.3) is 0 Å². The van der Waals surface area contributed by atoms with Gasteiger partial charge in [-0.2, -0.15) is 0 Å². The minimum atomic E-state index is 0.161. The molecule has 0 aliphatic carbocycles. The summed E-state index contributed by atoms with van der Waals surface area (Å²) < 4.78 is 2.85. The first-order chi connectivity index (χ1) is 8.16. The summed E-state index contributed by atoms with van der Waals surface area (Å²) in [6.07, 6.45) is 3.06. The van der Waals surface area contributed by atoms with Crippen LogP contribution in [0.3, 0.4) is 0 Å². The van der Waals surface area contributed by atoms with E-state index in [1.807, 2.05) is 28.8 Å². The molecule has 2 aliphatic heterocycles. The Morgan fingerprint density at radius 3 is 3.06 bits per heavy atom. The van der Waals surface area contributed by atoms with Gasteiger partial charge >= 0.3 is 0 Å². The Balaban J connectivity index is 1.85. The molecule has 17 heavy (non-hydrogen) atoms. The van der Waals surface area contributed by atoms with Crippen LogP contribution < -0.4 is 5.32 Å². The van der Waals surface area contributed by atoms with Gasteiger partial charge in [-0.25, -0.2) is 0 Å². The zero-order valence-electron chi connectivity index (χ0n) is 9.82. The Bertz CT molecular complexity index is 457. The highest BCUT2D eigenvalue weighted by atomic mass is 79.9. The van der Waals surface area contributed by atoms with Gasteiger partial charge < -0.3 is 14.8 Å². The molecule has 2 aliphatic rings. The average molecular weight is 298 g/mol. The first-order valence-corrected chi connectivity index (χ1v) is 6.79. The number of halogens is 1. The highest BCUT2D eigenvalue weighted by molar-refractivity contribution is 9.10. The van der Waals surface area contributed by atoms with Crippen molar-refractivity contribution >= 4 is 21.8 Å². The van der Waals surface area contributed by atoms with Crippen molar-refractivity contribution in [3.05, 3.63) is 22.4 Å². The molecule has 0 spiro atoms. The van der Waals surface area contributed by atoms with Crippen molar-refractivity contribution in [3.63, 3.8) is 0 Å². The smallest absolute Gasteiger partial charge is 0.270 e. The quantitative estimate of drug-likeness (QED) is 0.846. The minimum Gasteiger partial charge on any atom is -0.345 e. The van der Waals surface area contributed by atoms with Crippen LogP contribution in [0, 0.1) is 5.92 Å². The number of carbonyl (C=O) groups is 1. The summed E-state index contributed by atoms with van der Waals surface area (Å²) in [6, 6.07) is 2.30. The molecule has 1 amide bonds. The Morgan fingerprint density at radius 2 is 2.35 bits per heavy atom. The highest BCUT2D eigenvalue weighted by Crippen LogP contribution is 2.29. The van der Waals surface area contributed by atoms with Gasteiger partial charge in [0.2, 0.25) is 0 Å². The Labute approximate surface area is 109 Å². The van der Waals surface area contributed by atoms with E-state index in [1.165, 1.54) is 0 Å². The highest BCUT2D eigenvalue weighted by Gasteiger charge is 2.40. The van der Waals surface area contributed by atoms with E-state index in [4.69, 9.17) is 0 Å². The van der Waals surface area contributed by atoms with Crippen molar-refractivity contribution < 1.29 is 4.79 Å². The number of carbonyl (C=O) groups excluding carboxylic acids is 1. The van der Waals surface area contributed by atoms with Crippen molar-refractivity contribution in [2.24, 2.45) is 13.0 Å². The molecule has 0 radical (unpaired) electrons. The number of likely N-dealkylation sites (tertiary alicyclic amines) is 1. The van der Waals surface area contributed by atoms with Crippen LogP contribution in [0.2, 0.25) is 0 Å². The molecule has 4 nitrogen and oxygen atoms in total. The lowest BCUT2D eigenvalue weighted by molar-refractivity contribution is 0.0727. The number of aryl methyl sites for hydroxylation is 1. The van der Waals surface area contributed by atoms with Crippen LogP contribution in [-0.2, 0) is 7.05 Å². The number of nitrogens with zero attached hydrogens (tertiary/aromatic N) is 2. The summed E-state index contributed by atoms with van der Waals surface area (Å²) in [4.78, 5) is 14.5. The zero-order valence-corrected chi connectivity index (χ0v) is 11.4. The van der Waals surface area contributed by atoms with Crippen molar-refractivity contribution in [1.82, 2.24) is 14.8 Å². The number of nitrogens with one attached hydrogen (secondary N) is 1. The molecular weight excluding hydrogens is 282 g/mol. The van der Waals surface area contributed by atoms with E-state index < -0.39 is 0 Å². The number of rotatable bonds is 1. The molecule has 2 saturated heterocycles. The topological polar surface area (TPSA) is 37.3 Å². The maximum Gasteiger partial charge on any atom is 0.270 e. The third-order valence-electron chi connectivity index (χ3n) is 3.90. The van der Waals surface area contributed by atoms with Gasteiger partial charge in [0.25, 0.3) is 5.91 Å². The van der Waals surface area contributed by atoms with E-state index in [9.17, 15) is 4.79 Å². The molecule has 0 aromatic carbocycles. The maximum atomic E-state index is 12.5. The van der Waals surface area contributed by atoms with Gasteiger partial charge in [0.05, 0.1) is 0 Å². The minimum absolute atomic E-state index is 0.161. The molecule has 3 rings (SSSR count). The van der Waals surface area contributed by atoms with Crippen LogP contribution >= 0.6 is 15.9 Å². The summed E-state index contributed by atoms with van der Waals surface area (Å²) in [6.45, 7) is 2.91. The van der Waals surface area contributed by atoms with Crippen molar-refractivity contribution in [2.75, 3.05) is 19.6 Å². The normalized spacial score (nSPS) is 27.5. The molecule has 2 atom stereocenters. The van der Waals surface area contributed by atoms with E-state index in [0.717, 1.165) is 36.2 Å². The lowest BCUT2D eigenvalue weighted by Crippen LogP contribution is -2.39. The fourth-order valence-corrected chi connectivity index (χ4v) is 3.51. The summed E-state index contributed by atoms with van der Waals surface area (Å²) in [7, 11) is 1.92. The van der Waals surface area contributed by atoms with E-state index >= 15 is 0 Å². The lowest BCUT2D eigenvalue weighted by atomic mass is 10.1. The molecule has 92 valence electrons. The Hall–Kier alpha value is -0.810. The molecule has 0 saturated carbocycles. The number of aromatic nitrogens is 1. The van der Waals surface area contributed by atoms with Crippen LogP contribution in [0.4, 0.5) is 0 Å². The molecule has 1 aromatic rings. The molecule has 1 aromatic heterocycles. The number of fused-ring (bicyclic) bond motifs is 1. The predicted octanol–water partition coefficient (Wildman–Crippen LogP) is 1.22. The first-order valence-electron chi connectivity index (χ1n) is 6.00. The summed E-state index contributed by atoms with van der Waals surface area (Å²) >= 11 is 3.41. The molecule has 0 bridgehead atoms. The van der Waals surface area contributed by atoms with E-state index in [1.54, 1.807) is 0 Å². The van der Waals surface area contributed by atoms with Crippen molar-refractivity contribution in [1.29, 1.82) is 0 Å². The third kappa shape index (κ3) is 1.81. The second-order valence-electron chi connectivity index (χ2n) is 4.93. The van der Waals surface area contributed by atoms with Crippen LogP contribution in [0.1, 0.15) is 16.9 Å². The second-order valence-corrected chi connectivity index (χ2v) is 5.84. The summed E-state index contributed by atoms with van der Waals surface area (Å²) in [5, 5.41) is 3.37. The lowest BCUT2D eigenvalue weighted by Gasteiger charge is -2.23. The van der Waals surface area contributed by atoms with E-state index in [0.29, 0.717) is 12.0 Å². The summed E-state index contributed by atoms with van der Waals surface area (Å²) in [5.74, 6) is 0.817. The molecule has 0 unspecified atom stereocenters. The van der Waals surface area contributed by atoms with Crippen LogP contribution in [-0.4, -0.2) is 41.1 Å². The van der Waals surface area contributed by atoms with Gasteiger partial charge in [0.1, 0.15) is 5.69 Å². The van der Waals surface area contributed by atoms with Crippen LogP contribution in [0.15, 0.2) is 16.7 Å². The van der Waals surface area contributed by atoms with Gasteiger partial charge in [-0.1, -0.05) is 0 Å². The summed E-state index contributed by atoms with van der Waals surface area (Å²) in [5.41, 5.74) is 0.768. The van der Waals surface area contributed by atoms with Crippen LogP contribution in [0.5, 0.6) is 0 Å². The van der Waals surface area contributed by atoms with Crippen molar-refractivity contribution in [3.8, 4) is 0 Å². The third-order valence-corrected chi connectivity index (χ3v) is 4.33. The first kappa shape index (κ1) is 11.3. The van der Waals surface area contributed by atoms with Gasteiger partial charge in [-0.05, 0) is 34.3 Å². The predicted molar refractivity (Wildman–Crippen MR) is 68.9 cm³/mol. The van der Waals surface area contributed by atoms with E-state index in [2.05, 4.69) is 21.2 Å². The number of hydrogen-bond donors (Lipinski definition) is 1. The second kappa shape index (κ2) is 4.14. The fourth-order valence-electron chi connectivity index (χ4n) is 2.99. The zero-order chi connectivity index (χ0) is 12.0. The van der Waals surface area contributed by atoms with Crippen molar-refractivity contribution in [2.45, 2.75) is 12.5 Å². The monoisotopic (exact) mass is 297 g/mol. The van der Waals surface area contributed by atoms with Gasteiger partial charge in [-0.3, -0.25) is 4.79 Å². The SMILES string of the molecule is Cn1cc(Br)cc1C(=O)N1CC[C@@H]2CNC[C@@H]21. The largest absolute Gasteiger partial charge is 0.345 e. The molecule has 5 heteroatoms. The fraction of sp³-hybridized carbons (Fsp3) is 0.583. The maximum absolute atomic E-state index is 12.5. The van der Waals surface area contributed by atoms with Gasteiger partial charge in [-0.15, -0.1) is 0 Å². The van der Waals surface area contributed by atoms with E-state index in [-0.39, 0.29) is 5.91 Å². The molecule has 3 heterocycles. The van der Waals surface area contributed by atoms with Gasteiger partial charge in [0, 0.05) is 43.4 Å². The number of hydrogen-bond acceptors (Lipinski definition) is 2. The number of amides is 1. The standard InChI is InChI=1S/C12H16BrN3O/c1-15-7-9(13)4-10(15)12(17)16-3-2-8-5-14-6-11(8)16/h4,7-8,11,14H,2-3,5-6H2,1H3/t8-,11+/m1/s1. The Kier molecular flexibility index (Phi) is 2.75. The molecule has 2 fully saturated rings. The van der Waals surface area contributed by atoms with Gasteiger partial charge in [0.15, 0.2) is 0 Å². The molecular formula is C12H16BrN3O. The Morgan fingerprint density at radius 1 is 1.53 bits per heavy atom. The average Bonchev–Trinajstić information content (AvgIpc) is 2.91.